The van der Waals surface area contributed by atoms with Crippen molar-refractivity contribution in [2.75, 3.05) is 6.61 Å². The summed E-state index contributed by atoms with van der Waals surface area (Å²) in [6.45, 7) is 1.20. The zero-order chi connectivity index (χ0) is 17.1. The van der Waals surface area contributed by atoms with Gasteiger partial charge in [-0.05, 0) is 17.2 Å². The van der Waals surface area contributed by atoms with Crippen molar-refractivity contribution >= 4 is 5.91 Å². The first-order valence-corrected chi connectivity index (χ1v) is 8.20. The standard InChI is InChI=1S/C20H17N3O2/c24-20(23-11-14-6-7-18-16(10-14)8-9-25-18)17-12-21-19(22-13-17)15-4-2-1-3-5-15/h1-7,10,12-13H,8-9,11H2,(H,23,24). The summed E-state index contributed by atoms with van der Waals surface area (Å²) in [5.74, 6) is 1.37. The van der Waals surface area contributed by atoms with Crippen LogP contribution in [0, 0.1) is 0 Å². The number of carbonyl (C=O) groups is 1. The molecular weight excluding hydrogens is 314 g/mol. The first-order chi connectivity index (χ1) is 12.3. The Morgan fingerprint density at radius 3 is 2.68 bits per heavy atom. The number of nitrogens with one attached hydrogen (secondary N) is 1. The van der Waals surface area contributed by atoms with E-state index in [4.69, 9.17) is 4.74 Å². The Balaban J connectivity index is 1.41. The first-order valence-electron chi connectivity index (χ1n) is 8.20. The molecule has 0 radical (unpaired) electrons. The van der Waals surface area contributed by atoms with Gasteiger partial charge in [-0.15, -0.1) is 0 Å². The second-order valence-electron chi connectivity index (χ2n) is 5.88. The molecule has 2 heterocycles. The number of carbonyl (C=O) groups excluding carboxylic acids is 1. The van der Waals surface area contributed by atoms with E-state index in [9.17, 15) is 4.79 Å². The van der Waals surface area contributed by atoms with Crippen LogP contribution in [0.2, 0.25) is 0 Å². The smallest absolute Gasteiger partial charge is 0.254 e. The minimum Gasteiger partial charge on any atom is -0.493 e. The summed E-state index contributed by atoms with van der Waals surface area (Å²) in [6.07, 6.45) is 4.04. The molecule has 4 rings (SSSR count). The highest BCUT2D eigenvalue weighted by atomic mass is 16.5. The van der Waals surface area contributed by atoms with Gasteiger partial charge in [0, 0.05) is 30.9 Å². The Morgan fingerprint density at radius 2 is 1.88 bits per heavy atom. The predicted octanol–water partition coefficient (Wildman–Crippen LogP) is 3.01. The van der Waals surface area contributed by atoms with Crippen LogP contribution < -0.4 is 10.1 Å². The van der Waals surface area contributed by atoms with Crippen LogP contribution in [0.25, 0.3) is 11.4 Å². The summed E-state index contributed by atoms with van der Waals surface area (Å²) < 4.78 is 5.49. The van der Waals surface area contributed by atoms with Crippen LogP contribution in [0.5, 0.6) is 5.75 Å². The maximum absolute atomic E-state index is 12.3. The van der Waals surface area contributed by atoms with E-state index in [1.54, 1.807) is 12.4 Å². The molecule has 124 valence electrons. The van der Waals surface area contributed by atoms with Crippen molar-refractivity contribution in [3.05, 3.63) is 77.6 Å². The summed E-state index contributed by atoms with van der Waals surface area (Å²) in [5.41, 5.74) is 3.63. The van der Waals surface area contributed by atoms with Crippen molar-refractivity contribution in [2.24, 2.45) is 0 Å². The van der Waals surface area contributed by atoms with E-state index in [-0.39, 0.29) is 5.91 Å². The molecule has 1 aliphatic heterocycles. The van der Waals surface area contributed by atoms with Gasteiger partial charge in [0.2, 0.25) is 0 Å². The van der Waals surface area contributed by atoms with Crippen LogP contribution in [-0.4, -0.2) is 22.5 Å². The third kappa shape index (κ3) is 3.35. The zero-order valence-corrected chi connectivity index (χ0v) is 13.6. The number of rotatable bonds is 4. The van der Waals surface area contributed by atoms with Crippen molar-refractivity contribution in [3.63, 3.8) is 0 Å². The average Bonchev–Trinajstić information content (AvgIpc) is 3.15. The van der Waals surface area contributed by atoms with Crippen LogP contribution in [0.3, 0.4) is 0 Å². The summed E-state index contributed by atoms with van der Waals surface area (Å²) in [5, 5.41) is 2.91. The molecule has 1 N–H and O–H groups in total. The van der Waals surface area contributed by atoms with Crippen LogP contribution in [0.4, 0.5) is 0 Å². The van der Waals surface area contributed by atoms with Crippen molar-refractivity contribution < 1.29 is 9.53 Å². The summed E-state index contributed by atoms with van der Waals surface area (Å²) in [4.78, 5) is 20.9. The molecule has 2 aromatic carbocycles. The van der Waals surface area contributed by atoms with Gasteiger partial charge in [0.15, 0.2) is 5.82 Å². The number of amides is 1. The van der Waals surface area contributed by atoms with Gasteiger partial charge in [0.05, 0.1) is 12.2 Å². The van der Waals surface area contributed by atoms with Crippen molar-refractivity contribution in [1.29, 1.82) is 0 Å². The molecule has 5 heteroatoms. The summed E-state index contributed by atoms with van der Waals surface area (Å²) in [7, 11) is 0. The number of hydrogen-bond donors (Lipinski definition) is 1. The fourth-order valence-electron chi connectivity index (χ4n) is 2.82. The van der Waals surface area contributed by atoms with E-state index in [0.29, 0.717) is 17.9 Å². The SMILES string of the molecule is O=C(NCc1ccc2c(c1)CCO2)c1cnc(-c2ccccc2)nc1. The third-order valence-corrected chi connectivity index (χ3v) is 4.15. The molecule has 0 saturated carbocycles. The van der Waals surface area contributed by atoms with Gasteiger partial charge in [-0.2, -0.15) is 0 Å². The normalized spacial score (nSPS) is 12.3. The van der Waals surface area contributed by atoms with Crippen molar-refractivity contribution in [1.82, 2.24) is 15.3 Å². The minimum atomic E-state index is -0.184. The molecule has 0 aliphatic carbocycles. The van der Waals surface area contributed by atoms with Crippen molar-refractivity contribution in [3.8, 4) is 17.1 Å². The molecule has 0 atom stereocenters. The van der Waals surface area contributed by atoms with E-state index >= 15 is 0 Å². The van der Waals surface area contributed by atoms with Crippen LogP contribution in [0.15, 0.2) is 60.9 Å². The largest absolute Gasteiger partial charge is 0.493 e. The number of aromatic nitrogens is 2. The van der Waals surface area contributed by atoms with E-state index in [2.05, 4.69) is 21.4 Å². The lowest BCUT2D eigenvalue weighted by Crippen LogP contribution is -2.23. The van der Waals surface area contributed by atoms with Gasteiger partial charge in [-0.1, -0.05) is 42.5 Å². The Bertz CT molecular complexity index is 893. The fraction of sp³-hybridized carbons (Fsp3) is 0.150. The molecule has 0 unspecified atom stereocenters. The van der Waals surface area contributed by atoms with E-state index in [1.165, 1.54) is 5.56 Å². The number of benzene rings is 2. The molecule has 0 saturated heterocycles. The van der Waals surface area contributed by atoms with Gasteiger partial charge >= 0.3 is 0 Å². The van der Waals surface area contributed by atoms with Gasteiger partial charge in [0.1, 0.15) is 5.75 Å². The molecule has 1 aliphatic rings. The Labute approximate surface area is 145 Å². The van der Waals surface area contributed by atoms with Gasteiger partial charge in [-0.25, -0.2) is 9.97 Å². The molecule has 0 fully saturated rings. The molecule has 5 nitrogen and oxygen atoms in total. The zero-order valence-electron chi connectivity index (χ0n) is 13.6. The molecule has 0 spiro atoms. The average molecular weight is 331 g/mol. The van der Waals surface area contributed by atoms with Crippen LogP contribution >= 0.6 is 0 Å². The highest BCUT2D eigenvalue weighted by Gasteiger charge is 2.13. The second-order valence-corrected chi connectivity index (χ2v) is 5.88. The summed E-state index contributed by atoms with van der Waals surface area (Å²) in [6, 6.07) is 15.7. The molecule has 3 aromatic rings. The molecule has 1 amide bonds. The van der Waals surface area contributed by atoms with Crippen LogP contribution in [-0.2, 0) is 13.0 Å². The maximum atomic E-state index is 12.3. The first kappa shape index (κ1) is 15.3. The van der Waals surface area contributed by atoms with E-state index in [1.807, 2.05) is 42.5 Å². The maximum Gasteiger partial charge on any atom is 0.254 e. The lowest BCUT2D eigenvalue weighted by molar-refractivity contribution is 0.0950. The van der Waals surface area contributed by atoms with Crippen molar-refractivity contribution in [2.45, 2.75) is 13.0 Å². The van der Waals surface area contributed by atoms with Crippen LogP contribution in [0.1, 0.15) is 21.5 Å². The lowest BCUT2D eigenvalue weighted by Gasteiger charge is -2.07. The number of hydrogen-bond acceptors (Lipinski definition) is 4. The Hall–Kier alpha value is -3.21. The highest BCUT2D eigenvalue weighted by molar-refractivity contribution is 5.93. The van der Waals surface area contributed by atoms with Gasteiger partial charge < -0.3 is 10.1 Å². The van der Waals surface area contributed by atoms with E-state index < -0.39 is 0 Å². The molecule has 1 aromatic heterocycles. The second kappa shape index (κ2) is 6.73. The topological polar surface area (TPSA) is 64.1 Å². The number of nitrogens with zero attached hydrogens (tertiary/aromatic N) is 2. The lowest BCUT2D eigenvalue weighted by atomic mass is 10.1. The molecular formula is C20H17N3O2. The Kier molecular flexibility index (Phi) is 4.12. The summed E-state index contributed by atoms with van der Waals surface area (Å²) >= 11 is 0. The fourth-order valence-corrected chi connectivity index (χ4v) is 2.82. The number of fused-ring (bicyclic) bond motifs is 1. The molecule has 0 bridgehead atoms. The number of ether oxygens (including phenoxy) is 1. The third-order valence-electron chi connectivity index (χ3n) is 4.15. The highest BCUT2D eigenvalue weighted by Crippen LogP contribution is 2.25. The van der Waals surface area contributed by atoms with E-state index in [0.717, 1.165) is 29.9 Å². The Morgan fingerprint density at radius 1 is 1.08 bits per heavy atom. The van der Waals surface area contributed by atoms with Gasteiger partial charge in [0.25, 0.3) is 5.91 Å². The predicted molar refractivity (Wildman–Crippen MR) is 94.3 cm³/mol. The minimum absolute atomic E-state index is 0.184. The van der Waals surface area contributed by atoms with Gasteiger partial charge in [-0.3, -0.25) is 4.79 Å². The molecule has 25 heavy (non-hydrogen) atoms. The monoisotopic (exact) mass is 331 g/mol. The quantitative estimate of drug-likeness (QED) is 0.798.